The van der Waals surface area contributed by atoms with E-state index in [1.807, 2.05) is 6.92 Å². The lowest BCUT2D eigenvalue weighted by molar-refractivity contribution is -0.138. The third kappa shape index (κ3) is 3.17. The summed E-state index contributed by atoms with van der Waals surface area (Å²) >= 11 is 0. The SMILES string of the molecule is Cc1ncc(C(Cc2cccc(F)c2)C(=O)O)nc1C. The Morgan fingerprint density at radius 2 is 2.10 bits per heavy atom. The fraction of sp³-hybridized carbons (Fsp3) is 0.267. The van der Waals surface area contributed by atoms with Crippen LogP contribution in [0, 0.1) is 19.7 Å². The van der Waals surface area contributed by atoms with Crippen molar-refractivity contribution in [2.45, 2.75) is 26.2 Å². The molecule has 2 rings (SSSR count). The second-order valence-corrected chi connectivity index (χ2v) is 4.69. The molecule has 0 aliphatic carbocycles. The maximum Gasteiger partial charge on any atom is 0.312 e. The highest BCUT2D eigenvalue weighted by atomic mass is 19.1. The predicted molar refractivity (Wildman–Crippen MR) is 72.0 cm³/mol. The average molecular weight is 274 g/mol. The van der Waals surface area contributed by atoms with Crippen LogP contribution in [0.4, 0.5) is 4.39 Å². The van der Waals surface area contributed by atoms with Crippen LogP contribution in [0.15, 0.2) is 30.5 Å². The van der Waals surface area contributed by atoms with Crippen molar-refractivity contribution in [3.63, 3.8) is 0 Å². The molecular formula is C15H15FN2O2. The van der Waals surface area contributed by atoms with Crippen LogP contribution >= 0.6 is 0 Å². The average Bonchev–Trinajstić information content (AvgIpc) is 2.39. The van der Waals surface area contributed by atoms with Gasteiger partial charge in [0.25, 0.3) is 0 Å². The molecule has 5 heteroatoms. The quantitative estimate of drug-likeness (QED) is 0.931. The highest BCUT2D eigenvalue weighted by Gasteiger charge is 2.22. The number of hydrogen-bond donors (Lipinski definition) is 1. The Hall–Kier alpha value is -2.30. The van der Waals surface area contributed by atoms with E-state index in [1.165, 1.54) is 18.3 Å². The minimum atomic E-state index is -0.994. The van der Waals surface area contributed by atoms with Gasteiger partial charge in [-0.25, -0.2) is 4.39 Å². The minimum absolute atomic E-state index is 0.185. The Labute approximate surface area is 116 Å². The molecule has 0 fully saturated rings. The summed E-state index contributed by atoms with van der Waals surface area (Å²) in [5, 5.41) is 9.36. The van der Waals surface area contributed by atoms with Crippen molar-refractivity contribution in [3.05, 3.63) is 58.9 Å². The summed E-state index contributed by atoms with van der Waals surface area (Å²) in [6.07, 6.45) is 1.66. The molecule has 0 saturated carbocycles. The topological polar surface area (TPSA) is 63.1 Å². The fourth-order valence-corrected chi connectivity index (χ4v) is 1.95. The summed E-state index contributed by atoms with van der Waals surface area (Å²) < 4.78 is 13.2. The van der Waals surface area contributed by atoms with E-state index in [1.54, 1.807) is 19.1 Å². The smallest absolute Gasteiger partial charge is 0.312 e. The first-order valence-electron chi connectivity index (χ1n) is 6.24. The van der Waals surface area contributed by atoms with Gasteiger partial charge in [0, 0.05) is 6.20 Å². The molecule has 20 heavy (non-hydrogen) atoms. The maximum absolute atomic E-state index is 13.2. The highest BCUT2D eigenvalue weighted by molar-refractivity contribution is 5.75. The van der Waals surface area contributed by atoms with Gasteiger partial charge in [-0.05, 0) is 38.0 Å². The monoisotopic (exact) mass is 274 g/mol. The first kappa shape index (κ1) is 14.1. The number of benzene rings is 1. The van der Waals surface area contributed by atoms with Gasteiger partial charge in [0.15, 0.2) is 0 Å². The fourth-order valence-electron chi connectivity index (χ4n) is 1.95. The molecule has 1 aromatic heterocycles. The number of nitrogens with zero attached hydrogens (tertiary/aromatic N) is 2. The number of aliphatic carboxylic acids is 1. The number of hydrogen-bond acceptors (Lipinski definition) is 3. The van der Waals surface area contributed by atoms with Crippen molar-refractivity contribution in [2.75, 3.05) is 0 Å². The second kappa shape index (κ2) is 5.77. The van der Waals surface area contributed by atoms with Gasteiger partial charge in [-0.2, -0.15) is 0 Å². The van der Waals surface area contributed by atoms with Crippen LogP contribution in [0.5, 0.6) is 0 Å². The van der Waals surface area contributed by atoms with Gasteiger partial charge in [0.1, 0.15) is 11.7 Å². The van der Waals surface area contributed by atoms with Gasteiger partial charge in [-0.3, -0.25) is 14.8 Å². The Morgan fingerprint density at radius 1 is 1.35 bits per heavy atom. The third-order valence-electron chi connectivity index (χ3n) is 3.19. The molecule has 0 bridgehead atoms. The molecule has 0 aliphatic rings. The van der Waals surface area contributed by atoms with E-state index in [0.29, 0.717) is 17.0 Å². The Kier molecular flexibility index (Phi) is 4.08. The zero-order chi connectivity index (χ0) is 14.7. The summed E-state index contributed by atoms with van der Waals surface area (Å²) in [7, 11) is 0. The maximum atomic E-state index is 13.2. The summed E-state index contributed by atoms with van der Waals surface area (Å²) in [6.45, 7) is 3.60. The van der Waals surface area contributed by atoms with E-state index in [-0.39, 0.29) is 12.2 Å². The Balaban J connectivity index is 2.32. The van der Waals surface area contributed by atoms with Gasteiger partial charge in [-0.1, -0.05) is 12.1 Å². The standard InChI is InChI=1S/C15H15FN2O2/c1-9-10(2)18-14(8-17-9)13(15(19)20)7-11-4-3-5-12(16)6-11/h3-6,8,13H,7H2,1-2H3,(H,19,20). The number of aryl methyl sites for hydroxylation is 2. The number of carbonyl (C=O) groups is 1. The van der Waals surface area contributed by atoms with Gasteiger partial charge in [0.05, 0.1) is 17.1 Å². The van der Waals surface area contributed by atoms with E-state index in [4.69, 9.17) is 0 Å². The van der Waals surface area contributed by atoms with Crippen LogP contribution in [0.2, 0.25) is 0 Å². The number of aromatic nitrogens is 2. The molecule has 1 N–H and O–H groups in total. The van der Waals surface area contributed by atoms with Crippen LogP contribution in [-0.4, -0.2) is 21.0 Å². The Morgan fingerprint density at radius 3 is 2.70 bits per heavy atom. The van der Waals surface area contributed by atoms with Gasteiger partial charge < -0.3 is 5.11 Å². The molecule has 0 amide bonds. The summed E-state index contributed by atoms with van der Waals surface area (Å²) in [5.74, 6) is -2.20. The van der Waals surface area contributed by atoms with Crippen LogP contribution in [0.3, 0.4) is 0 Å². The predicted octanol–water partition coefficient (Wildman–Crippen LogP) is 2.64. The van der Waals surface area contributed by atoms with Crippen molar-refractivity contribution in [1.82, 2.24) is 9.97 Å². The molecule has 1 aromatic carbocycles. The molecule has 0 saturated heterocycles. The van der Waals surface area contributed by atoms with Crippen molar-refractivity contribution >= 4 is 5.97 Å². The number of rotatable bonds is 4. The molecule has 1 heterocycles. The molecular weight excluding hydrogens is 259 g/mol. The van der Waals surface area contributed by atoms with Crippen molar-refractivity contribution in [1.29, 1.82) is 0 Å². The van der Waals surface area contributed by atoms with Crippen molar-refractivity contribution in [3.8, 4) is 0 Å². The molecule has 4 nitrogen and oxygen atoms in total. The molecule has 0 aliphatic heterocycles. The number of halogens is 1. The molecule has 1 atom stereocenters. The second-order valence-electron chi connectivity index (χ2n) is 4.69. The van der Waals surface area contributed by atoms with Gasteiger partial charge >= 0.3 is 5.97 Å². The van der Waals surface area contributed by atoms with Crippen LogP contribution < -0.4 is 0 Å². The van der Waals surface area contributed by atoms with Gasteiger partial charge in [0.2, 0.25) is 0 Å². The van der Waals surface area contributed by atoms with E-state index >= 15 is 0 Å². The molecule has 1 unspecified atom stereocenters. The zero-order valence-corrected chi connectivity index (χ0v) is 11.3. The lowest BCUT2D eigenvalue weighted by atomic mass is 9.96. The molecule has 0 radical (unpaired) electrons. The van der Waals surface area contributed by atoms with Crippen LogP contribution in [0.25, 0.3) is 0 Å². The molecule has 2 aromatic rings. The van der Waals surface area contributed by atoms with E-state index in [0.717, 1.165) is 5.69 Å². The zero-order valence-electron chi connectivity index (χ0n) is 11.3. The van der Waals surface area contributed by atoms with Crippen molar-refractivity contribution in [2.24, 2.45) is 0 Å². The third-order valence-corrected chi connectivity index (χ3v) is 3.19. The lowest BCUT2D eigenvalue weighted by Crippen LogP contribution is -2.17. The Bertz CT molecular complexity index is 644. The first-order valence-corrected chi connectivity index (χ1v) is 6.24. The van der Waals surface area contributed by atoms with Gasteiger partial charge in [-0.15, -0.1) is 0 Å². The number of carboxylic acid groups (broad SMARTS) is 1. The first-order chi connectivity index (χ1) is 9.47. The van der Waals surface area contributed by atoms with E-state index in [9.17, 15) is 14.3 Å². The summed E-state index contributed by atoms with van der Waals surface area (Å²) in [4.78, 5) is 19.8. The van der Waals surface area contributed by atoms with Crippen LogP contribution in [0.1, 0.15) is 28.6 Å². The molecule has 104 valence electrons. The van der Waals surface area contributed by atoms with Crippen LogP contribution in [-0.2, 0) is 11.2 Å². The lowest BCUT2D eigenvalue weighted by Gasteiger charge is -2.13. The van der Waals surface area contributed by atoms with E-state index in [2.05, 4.69) is 9.97 Å². The minimum Gasteiger partial charge on any atom is -0.481 e. The van der Waals surface area contributed by atoms with Crippen molar-refractivity contribution < 1.29 is 14.3 Å². The normalized spacial score (nSPS) is 12.2. The summed E-state index contributed by atoms with van der Waals surface area (Å²) in [6, 6.07) is 5.93. The van der Waals surface area contributed by atoms with E-state index < -0.39 is 11.9 Å². The largest absolute Gasteiger partial charge is 0.481 e. The number of carboxylic acids is 1. The highest BCUT2D eigenvalue weighted by Crippen LogP contribution is 2.20. The summed E-state index contributed by atoms with van der Waals surface area (Å²) in [5.41, 5.74) is 2.49. The molecule has 0 spiro atoms.